The maximum Gasteiger partial charge on any atom is 0.324 e. The van der Waals surface area contributed by atoms with E-state index in [1.165, 1.54) is 6.92 Å². The van der Waals surface area contributed by atoms with Crippen molar-refractivity contribution in [1.29, 1.82) is 0 Å². The second-order valence-corrected chi connectivity index (χ2v) is 4.44. The normalized spacial score (nSPS) is 17.1. The van der Waals surface area contributed by atoms with Gasteiger partial charge in [0.1, 0.15) is 5.54 Å². The van der Waals surface area contributed by atoms with Crippen molar-refractivity contribution < 1.29 is 14.6 Å². The smallest absolute Gasteiger partial charge is 0.324 e. The standard InChI is InChI=1S/C11H24N2O3/c1-5-9(2)13(6-7-16-4)8-11(3,12)10(14)15/h9H,5-8,12H2,1-4H3,(H,14,15). The van der Waals surface area contributed by atoms with E-state index in [0.717, 1.165) is 6.42 Å². The lowest BCUT2D eigenvalue weighted by molar-refractivity contribution is -0.143. The van der Waals surface area contributed by atoms with E-state index in [4.69, 9.17) is 15.6 Å². The molecule has 3 N–H and O–H groups in total. The fraction of sp³-hybridized carbons (Fsp3) is 0.909. The molecule has 0 aliphatic heterocycles. The molecule has 0 aromatic heterocycles. The minimum atomic E-state index is -1.21. The van der Waals surface area contributed by atoms with Crippen LogP contribution in [0.2, 0.25) is 0 Å². The van der Waals surface area contributed by atoms with E-state index in [0.29, 0.717) is 25.7 Å². The number of carboxylic acid groups (broad SMARTS) is 1. The third-order valence-electron chi connectivity index (χ3n) is 2.82. The number of methoxy groups -OCH3 is 1. The molecule has 0 aliphatic rings. The molecule has 0 saturated heterocycles. The van der Waals surface area contributed by atoms with E-state index in [2.05, 4.69) is 18.7 Å². The average Bonchev–Trinajstić information content (AvgIpc) is 2.22. The second kappa shape index (κ2) is 6.83. The van der Waals surface area contributed by atoms with Gasteiger partial charge in [-0.2, -0.15) is 0 Å². The van der Waals surface area contributed by atoms with E-state index in [1.54, 1.807) is 7.11 Å². The minimum absolute atomic E-state index is 0.303. The Balaban J connectivity index is 4.46. The molecule has 0 radical (unpaired) electrons. The van der Waals surface area contributed by atoms with Gasteiger partial charge in [0.15, 0.2) is 0 Å². The Labute approximate surface area is 97.6 Å². The van der Waals surface area contributed by atoms with E-state index in [1.807, 2.05) is 0 Å². The molecular formula is C11H24N2O3. The van der Waals surface area contributed by atoms with Crippen LogP contribution < -0.4 is 5.73 Å². The number of nitrogens with two attached hydrogens (primary N) is 1. The van der Waals surface area contributed by atoms with Gasteiger partial charge in [-0.05, 0) is 20.3 Å². The molecule has 0 spiro atoms. The van der Waals surface area contributed by atoms with Crippen molar-refractivity contribution in [1.82, 2.24) is 4.90 Å². The van der Waals surface area contributed by atoms with Gasteiger partial charge in [-0.25, -0.2) is 0 Å². The summed E-state index contributed by atoms with van der Waals surface area (Å²) < 4.78 is 5.01. The van der Waals surface area contributed by atoms with Crippen LogP contribution in [0.25, 0.3) is 0 Å². The minimum Gasteiger partial charge on any atom is -0.480 e. The van der Waals surface area contributed by atoms with Crippen LogP contribution in [0.4, 0.5) is 0 Å². The third kappa shape index (κ3) is 4.92. The van der Waals surface area contributed by atoms with Gasteiger partial charge in [0.2, 0.25) is 0 Å². The first kappa shape index (κ1) is 15.3. The number of hydrogen-bond acceptors (Lipinski definition) is 4. The van der Waals surface area contributed by atoms with Crippen LogP contribution >= 0.6 is 0 Å². The van der Waals surface area contributed by atoms with E-state index in [9.17, 15) is 4.79 Å². The fourth-order valence-corrected chi connectivity index (χ4v) is 1.41. The molecule has 0 aromatic rings. The number of carbonyl (C=O) groups is 1. The van der Waals surface area contributed by atoms with Gasteiger partial charge in [-0.1, -0.05) is 6.92 Å². The lowest BCUT2D eigenvalue weighted by Gasteiger charge is -2.33. The summed E-state index contributed by atoms with van der Waals surface area (Å²) in [4.78, 5) is 13.0. The summed E-state index contributed by atoms with van der Waals surface area (Å²) in [6.45, 7) is 7.29. The lowest BCUT2D eigenvalue weighted by atomic mass is 10.0. The first-order valence-corrected chi connectivity index (χ1v) is 5.60. The molecule has 2 atom stereocenters. The number of nitrogens with zero attached hydrogens (tertiary/aromatic N) is 1. The highest BCUT2D eigenvalue weighted by atomic mass is 16.5. The van der Waals surface area contributed by atoms with Gasteiger partial charge < -0.3 is 15.6 Å². The zero-order valence-electron chi connectivity index (χ0n) is 10.7. The molecule has 0 aliphatic carbocycles. The summed E-state index contributed by atoms with van der Waals surface area (Å²) in [7, 11) is 1.63. The summed E-state index contributed by atoms with van der Waals surface area (Å²) in [5, 5.41) is 8.99. The molecule has 0 amide bonds. The third-order valence-corrected chi connectivity index (χ3v) is 2.82. The van der Waals surface area contributed by atoms with Crippen LogP contribution in [0.1, 0.15) is 27.2 Å². The molecule has 16 heavy (non-hydrogen) atoms. The largest absolute Gasteiger partial charge is 0.480 e. The van der Waals surface area contributed by atoms with Crippen LogP contribution in [0, 0.1) is 0 Å². The molecule has 0 heterocycles. The van der Waals surface area contributed by atoms with Crippen LogP contribution in [0.3, 0.4) is 0 Å². The molecule has 0 fully saturated rings. The maximum absolute atomic E-state index is 11.0. The maximum atomic E-state index is 11.0. The average molecular weight is 232 g/mol. The molecule has 96 valence electrons. The van der Waals surface area contributed by atoms with Crippen molar-refractivity contribution >= 4 is 5.97 Å². The summed E-state index contributed by atoms with van der Waals surface area (Å²) in [6, 6.07) is 0.303. The second-order valence-electron chi connectivity index (χ2n) is 4.44. The first-order chi connectivity index (χ1) is 7.35. The molecule has 0 rings (SSSR count). The number of hydrogen-bond donors (Lipinski definition) is 2. The molecule has 0 aromatic carbocycles. The van der Waals surface area contributed by atoms with Crippen molar-refractivity contribution in [3.8, 4) is 0 Å². The van der Waals surface area contributed by atoms with Gasteiger partial charge >= 0.3 is 5.97 Å². The summed E-state index contributed by atoms with van der Waals surface area (Å²) in [5.41, 5.74) is 4.53. The summed E-state index contributed by atoms with van der Waals surface area (Å²) >= 11 is 0. The van der Waals surface area contributed by atoms with Crippen LogP contribution in [0.15, 0.2) is 0 Å². The Kier molecular flexibility index (Phi) is 6.55. The molecular weight excluding hydrogens is 208 g/mol. The number of ether oxygens (including phenoxy) is 1. The Bertz CT molecular complexity index is 219. The predicted octanol–water partition coefficient (Wildman–Crippen LogP) is 0.535. The van der Waals surface area contributed by atoms with Gasteiger partial charge in [-0.15, -0.1) is 0 Å². The van der Waals surface area contributed by atoms with Crippen LogP contribution in [0.5, 0.6) is 0 Å². The Morgan fingerprint density at radius 2 is 2.19 bits per heavy atom. The lowest BCUT2D eigenvalue weighted by Crippen LogP contribution is -2.56. The van der Waals surface area contributed by atoms with Crippen molar-refractivity contribution in [3.63, 3.8) is 0 Å². The van der Waals surface area contributed by atoms with Crippen LogP contribution in [-0.2, 0) is 9.53 Å². The topological polar surface area (TPSA) is 75.8 Å². The quantitative estimate of drug-likeness (QED) is 0.638. The Hall–Kier alpha value is -0.650. The Morgan fingerprint density at radius 1 is 1.62 bits per heavy atom. The molecule has 5 heteroatoms. The van der Waals surface area contributed by atoms with Gasteiger partial charge in [0, 0.05) is 26.2 Å². The summed E-state index contributed by atoms with van der Waals surface area (Å²) in [5.74, 6) is -0.974. The molecule has 5 nitrogen and oxygen atoms in total. The predicted molar refractivity (Wildman–Crippen MR) is 63.4 cm³/mol. The highest BCUT2D eigenvalue weighted by molar-refractivity contribution is 5.78. The number of aliphatic carboxylic acids is 1. The van der Waals surface area contributed by atoms with Crippen molar-refractivity contribution in [2.75, 3.05) is 26.8 Å². The van der Waals surface area contributed by atoms with Gasteiger partial charge in [0.25, 0.3) is 0 Å². The van der Waals surface area contributed by atoms with Gasteiger partial charge in [0.05, 0.1) is 6.61 Å². The van der Waals surface area contributed by atoms with Crippen molar-refractivity contribution in [2.45, 2.75) is 38.8 Å². The van der Waals surface area contributed by atoms with Crippen LogP contribution in [-0.4, -0.2) is 54.4 Å². The van der Waals surface area contributed by atoms with Gasteiger partial charge in [-0.3, -0.25) is 9.69 Å². The van der Waals surface area contributed by atoms with Crippen molar-refractivity contribution in [2.24, 2.45) is 5.73 Å². The molecule has 0 saturated carbocycles. The van der Waals surface area contributed by atoms with Crippen molar-refractivity contribution in [3.05, 3.63) is 0 Å². The molecule has 2 unspecified atom stereocenters. The highest BCUT2D eigenvalue weighted by Gasteiger charge is 2.31. The van der Waals surface area contributed by atoms with E-state index in [-0.39, 0.29) is 0 Å². The first-order valence-electron chi connectivity index (χ1n) is 5.60. The van der Waals surface area contributed by atoms with E-state index < -0.39 is 11.5 Å². The molecule has 0 bridgehead atoms. The highest BCUT2D eigenvalue weighted by Crippen LogP contribution is 2.09. The monoisotopic (exact) mass is 232 g/mol. The Morgan fingerprint density at radius 3 is 2.56 bits per heavy atom. The fourth-order valence-electron chi connectivity index (χ4n) is 1.41. The zero-order chi connectivity index (χ0) is 12.8. The zero-order valence-corrected chi connectivity index (χ0v) is 10.7. The van der Waals surface area contributed by atoms with E-state index >= 15 is 0 Å². The summed E-state index contributed by atoms with van der Waals surface area (Å²) in [6.07, 6.45) is 0.958. The number of carboxylic acids is 1. The SMILES string of the molecule is CCC(C)N(CCOC)CC(C)(N)C(=O)O. The number of rotatable bonds is 8.